The van der Waals surface area contributed by atoms with Crippen molar-refractivity contribution in [2.45, 2.75) is 64.1 Å². The second kappa shape index (κ2) is 8.96. The number of imide groups is 1. The van der Waals surface area contributed by atoms with E-state index in [1.54, 1.807) is 7.11 Å². The van der Waals surface area contributed by atoms with E-state index in [4.69, 9.17) is 4.74 Å². The van der Waals surface area contributed by atoms with E-state index in [0.29, 0.717) is 25.8 Å². The quantitative estimate of drug-likeness (QED) is 0.369. The minimum Gasteiger partial charge on any atom is -0.497 e. The molecular weight excluding hydrogens is 452 g/mol. The summed E-state index contributed by atoms with van der Waals surface area (Å²) in [5.41, 5.74) is 3.29. The van der Waals surface area contributed by atoms with E-state index >= 15 is 0 Å². The van der Waals surface area contributed by atoms with Crippen molar-refractivity contribution in [1.82, 2.24) is 20.1 Å². The number of rotatable bonds is 7. The second-order valence-corrected chi connectivity index (χ2v) is 11.2. The van der Waals surface area contributed by atoms with E-state index < -0.39 is 5.54 Å². The summed E-state index contributed by atoms with van der Waals surface area (Å²) >= 11 is 0. The first-order chi connectivity index (χ1) is 17.1. The molecule has 0 bridgehead atoms. The molecule has 1 saturated heterocycles. The Balaban J connectivity index is 1.53. The third-order valence-electron chi connectivity index (χ3n) is 7.47. The van der Waals surface area contributed by atoms with Gasteiger partial charge in [0.15, 0.2) is 0 Å². The van der Waals surface area contributed by atoms with Gasteiger partial charge in [-0.05, 0) is 76.4 Å². The number of ether oxygens (including phenoxy) is 1. The van der Waals surface area contributed by atoms with Gasteiger partial charge in [0.1, 0.15) is 11.3 Å². The van der Waals surface area contributed by atoms with Gasteiger partial charge in [-0.1, -0.05) is 30.3 Å². The smallest absolute Gasteiger partial charge is 0.328 e. The topological polar surface area (TPSA) is 77.7 Å². The number of urea groups is 1. The van der Waals surface area contributed by atoms with Crippen LogP contribution in [0, 0.1) is 0 Å². The van der Waals surface area contributed by atoms with E-state index in [0.717, 1.165) is 40.0 Å². The van der Waals surface area contributed by atoms with Gasteiger partial charge in [-0.15, -0.1) is 0 Å². The maximum atomic E-state index is 13.9. The van der Waals surface area contributed by atoms with Crippen molar-refractivity contribution in [2.24, 2.45) is 0 Å². The average Bonchev–Trinajstić information content (AvgIpc) is 3.29. The van der Waals surface area contributed by atoms with Crippen molar-refractivity contribution >= 4 is 22.8 Å². The molecule has 3 aromatic rings. The van der Waals surface area contributed by atoms with Crippen LogP contribution in [0.4, 0.5) is 4.79 Å². The summed E-state index contributed by atoms with van der Waals surface area (Å²) in [6.45, 7) is 9.42. The zero-order valence-electron chi connectivity index (χ0n) is 21.9. The van der Waals surface area contributed by atoms with Crippen molar-refractivity contribution in [1.29, 1.82) is 0 Å². The second-order valence-electron chi connectivity index (χ2n) is 11.2. The van der Waals surface area contributed by atoms with Crippen LogP contribution in [0.15, 0.2) is 48.5 Å². The zero-order chi connectivity index (χ0) is 25.7. The summed E-state index contributed by atoms with van der Waals surface area (Å²) in [4.78, 5) is 34.6. The molecule has 3 heterocycles. The molecule has 0 saturated carbocycles. The molecule has 2 N–H and O–H groups in total. The molecule has 0 radical (unpaired) electrons. The van der Waals surface area contributed by atoms with Crippen molar-refractivity contribution in [3.8, 4) is 5.75 Å². The Bertz CT molecular complexity index is 1290. The number of amides is 3. The summed E-state index contributed by atoms with van der Waals surface area (Å²) < 4.78 is 5.49. The molecule has 1 unspecified atom stereocenters. The Labute approximate surface area is 212 Å². The number of fused-ring (bicyclic) bond motifs is 4. The molecule has 36 heavy (non-hydrogen) atoms. The van der Waals surface area contributed by atoms with Gasteiger partial charge in [-0.25, -0.2) is 4.79 Å². The van der Waals surface area contributed by atoms with E-state index in [-0.39, 0.29) is 23.5 Å². The van der Waals surface area contributed by atoms with Crippen molar-refractivity contribution < 1.29 is 14.3 Å². The highest BCUT2D eigenvalue weighted by molar-refractivity contribution is 6.08. The van der Waals surface area contributed by atoms with E-state index in [2.05, 4.69) is 43.2 Å². The van der Waals surface area contributed by atoms with Gasteiger partial charge in [0.2, 0.25) is 0 Å². The average molecular weight is 489 g/mol. The van der Waals surface area contributed by atoms with Gasteiger partial charge in [-0.2, -0.15) is 0 Å². The predicted octanol–water partition coefficient (Wildman–Crippen LogP) is 4.82. The van der Waals surface area contributed by atoms with Crippen molar-refractivity contribution in [3.63, 3.8) is 0 Å². The third kappa shape index (κ3) is 4.15. The minimum absolute atomic E-state index is 0.00584. The molecule has 2 aliphatic heterocycles. The fourth-order valence-corrected chi connectivity index (χ4v) is 5.71. The van der Waals surface area contributed by atoms with Crippen LogP contribution in [0.2, 0.25) is 0 Å². The zero-order valence-corrected chi connectivity index (χ0v) is 21.9. The summed E-state index contributed by atoms with van der Waals surface area (Å²) in [5, 5.41) is 4.50. The van der Waals surface area contributed by atoms with Crippen LogP contribution in [0.25, 0.3) is 10.9 Å². The fourth-order valence-electron chi connectivity index (χ4n) is 5.71. The normalized spacial score (nSPS) is 21.8. The summed E-state index contributed by atoms with van der Waals surface area (Å²) in [5.74, 6) is 0.669. The van der Waals surface area contributed by atoms with Crippen LogP contribution in [0.3, 0.4) is 0 Å². The lowest BCUT2D eigenvalue weighted by Crippen LogP contribution is -2.53. The molecule has 2 atom stereocenters. The van der Waals surface area contributed by atoms with Gasteiger partial charge < -0.3 is 19.9 Å². The minimum atomic E-state index is -0.931. The lowest BCUT2D eigenvalue weighted by Gasteiger charge is -2.42. The number of nitrogens with zero attached hydrogens (tertiary/aromatic N) is 2. The molecule has 2 aromatic carbocycles. The number of carbonyl (C=O) groups excluding carboxylic acids is 2. The molecule has 190 valence electrons. The number of carbonyl (C=O) groups is 2. The monoisotopic (exact) mass is 488 g/mol. The molecular formula is C29H36N4O3. The number of aromatic amines is 1. The largest absolute Gasteiger partial charge is 0.497 e. The number of nitrogens with one attached hydrogen (secondary N) is 2. The van der Waals surface area contributed by atoms with Gasteiger partial charge in [0, 0.05) is 35.1 Å². The lowest BCUT2D eigenvalue weighted by molar-refractivity contribution is -0.133. The van der Waals surface area contributed by atoms with Gasteiger partial charge in [-0.3, -0.25) is 9.69 Å². The van der Waals surface area contributed by atoms with Gasteiger partial charge >= 0.3 is 6.03 Å². The van der Waals surface area contributed by atoms with Gasteiger partial charge in [0.25, 0.3) is 5.91 Å². The van der Waals surface area contributed by atoms with Crippen LogP contribution >= 0.6 is 0 Å². The molecule has 3 amide bonds. The molecule has 5 rings (SSSR count). The lowest BCUT2D eigenvalue weighted by atomic mass is 9.81. The Hall–Kier alpha value is -3.32. The molecule has 0 spiro atoms. The highest BCUT2D eigenvalue weighted by Crippen LogP contribution is 2.47. The van der Waals surface area contributed by atoms with E-state index in [1.807, 2.05) is 48.2 Å². The van der Waals surface area contributed by atoms with Gasteiger partial charge in [0.05, 0.1) is 13.2 Å². The molecule has 7 nitrogen and oxygen atoms in total. The molecule has 1 aromatic heterocycles. The molecule has 2 aliphatic rings. The van der Waals surface area contributed by atoms with Crippen molar-refractivity contribution in [2.75, 3.05) is 20.2 Å². The number of benzene rings is 2. The predicted molar refractivity (Wildman–Crippen MR) is 141 cm³/mol. The maximum absolute atomic E-state index is 13.9. The number of aromatic nitrogens is 1. The molecule has 7 heteroatoms. The van der Waals surface area contributed by atoms with Crippen LogP contribution in [-0.2, 0) is 17.6 Å². The summed E-state index contributed by atoms with van der Waals surface area (Å²) in [6, 6.07) is 15.7. The highest BCUT2D eigenvalue weighted by Gasteiger charge is 2.59. The number of methoxy groups -OCH3 is 1. The maximum Gasteiger partial charge on any atom is 0.328 e. The Morgan fingerprint density at radius 1 is 1.14 bits per heavy atom. The Kier molecular flexibility index (Phi) is 6.07. The first-order valence-corrected chi connectivity index (χ1v) is 12.7. The van der Waals surface area contributed by atoms with E-state index in [9.17, 15) is 9.59 Å². The van der Waals surface area contributed by atoms with Crippen LogP contribution < -0.4 is 10.1 Å². The summed E-state index contributed by atoms with van der Waals surface area (Å²) in [6.07, 6.45) is 1.82. The van der Waals surface area contributed by atoms with E-state index in [1.165, 1.54) is 4.90 Å². The molecule has 1 fully saturated rings. The van der Waals surface area contributed by atoms with Crippen LogP contribution in [0.5, 0.6) is 5.75 Å². The summed E-state index contributed by atoms with van der Waals surface area (Å²) in [7, 11) is 1.66. The first-order valence-electron chi connectivity index (χ1n) is 12.7. The van der Waals surface area contributed by atoms with Crippen molar-refractivity contribution in [3.05, 3.63) is 65.4 Å². The third-order valence-corrected chi connectivity index (χ3v) is 7.47. The first kappa shape index (κ1) is 24.4. The van der Waals surface area contributed by atoms with Crippen LogP contribution in [-0.4, -0.2) is 58.0 Å². The SMILES string of the molecule is COc1ccc2[nH]c3c(c2c1)C[C@@]1(C)C(=O)N(CCCNC(C)(C)C)C(=O)N1C3Cc1ccccc1. The Morgan fingerprint density at radius 2 is 1.89 bits per heavy atom. The van der Waals surface area contributed by atoms with Crippen LogP contribution in [0.1, 0.15) is 57.0 Å². The standard InChI is InChI=1S/C29H36N4O3/c1-28(2,3)30-14-9-15-32-26(34)29(4)18-22-21-17-20(36-5)12-13-23(21)31-25(22)24(33(29)27(32)35)16-19-10-7-6-8-11-19/h6-8,10-13,17,24,30-31H,9,14-16,18H2,1-5H3/t24?,29-/m0/s1. The molecule has 0 aliphatic carbocycles. The Morgan fingerprint density at radius 3 is 2.58 bits per heavy atom. The highest BCUT2D eigenvalue weighted by atomic mass is 16.5. The number of hydrogen-bond acceptors (Lipinski definition) is 4. The number of hydrogen-bond donors (Lipinski definition) is 2. The number of H-pyrrole nitrogens is 1. The fraction of sp³-hybridized carbons (Fsp3) is 0.448.